The Labute approximate surface area is 141 Å². The molecule has 2 amide bonds. The molecule has 0 bridgehead atoms. The molecule has 2 aromatic carbocycles. The van der Waals surface area contributed by atoms with Gasteiger partial charge in [0.05, 0.1) is 0 Å². The quantitative estimate of drug-likeness (QED) is 0.916. The van der Waals surface area contributed by atoms with Crippen LogP contribution in [0.3, 0.4) is 0 Å². The number of anilines is 1. The van der Waals surface area contributed by atoms with E-state index in [-0.39, 0.29) is 23.9 Å². The number of nitrogens with one attached hydrogen (secondary N) is 1. The van der Waals surface area contributed by atoms with Crippen LogP contribution in [0.5, 0.6) is 0 Å². The molecule has 24 heavy (non-hydrogen) atoms. The molecule has 1 N–H and O–H groups in total. The molecule has 4 nitrogen and oxygen atoms in total. The van der Waals surface area contributed by atoms with E-state index in [1.54, 1.807) is 11.0 Å². The van der Waals surface area contributed by atoms with Gasteiger partial charge in [-0.05, 0) is 55.3 Å². The molecule has 0 aliphatic rings. The van der Waals surface area contributed by atoms with Crippen molar-refractivity contribution in [2.75, 3.05) is 18.0 Å². The topological polar surface area (TPSA) is 49.4 Å². The van der Waals surface area contributed by atoms with Crippen LogP contribution in [0.25, 0.3) is 0 Å². The van der Waals surface area contributed by atoms with Crippen molar-refractivity contribution in [2.24, 2.45) is 0 Å². The highest BCUT2D eigenvalue weighted by molar-refractivity contribution is 5.94. The van der Waals surface area contributed by atoms with Gasteiger partial charge in [-0.3, -0.25) is 9.59 Å². The van der Waals surface area contributed by atoms with Crippen LogP contribution in [0.2, 0.25) is 0 Å². The summed E-state index contributed by atoms with van der Waals surface area (Å²) < 4.78 is 13.1. The van der Waals surface area contributed by atoms with Gasteiger partial charge in [0.2, 0.25) is 5.91 Å². The van der Waals surface area contributed by atoms with E-state index in [0.29, 0.717) is 6.54 Å². The number of halogens is 1. The van der Waals surface area contributed by atoms with Crippen molar-refractivity contribution in [3.8, 4) is 0 Å². The van der Waals surface area contributed by atoms with Crippen molar-refractivity contribution in [3.63, 3.8) is 0 Å². The standard InChI is InChI=1S/C19H21FN2O2/c1-13-7-8-18(11-14(13)2)22(15(3)23)10-9-21-19(24)16-5-4-6-17(20)12-16/h4-8,11-12H,9-10H2,1-3H3,(H,21,24). The first-order valence-electron chi connectivity index (χ1n) is 7.77. The highest BCUT2D eigenvalue weighted by atomic mass is 19.1. The molecule has 126 valence electrons. The molecule has 5 heteroatoms. The van der Waals surface area contributed by atoms with E-state index in [1.807, 2.05) is 32.0 Å². The maximum Gasteiger partial charge on any atom is 0.251 e. The zero-order valence-electron chi connectivity index (χ0n) is 14.1. The molecule has 0 radical (unpaired) electrons. The van der Waals surface area contributed by atoms with E-state index in [1.165, 1.54) is 25.1 Å². The van der Waals surface area contributed by atoms with Gasteiger partial charge in [0.1, 0.15) is 5.82 Å². The van der Waals surface area contributed by atoms with Crippen LogP contribution in [0.4, 0.5) is 10.1 Å². The Kier molecular flexibility index (Phi) is 5.68. The molecule has 0 saturated heterocycles. The minimum Gasteiger partial charge on any atom is -0.350 e. The van der Waals surface area contributed by atoms with Crippen molar-refractivity contribution in [1.29, 1.82) is 0 Å². The van der Waals surface area contributed by atoms with Gasteiger partial charge < -0.3 is 10.2 Å². The Balaban J connectivity index is 2.00. The Bertz CT molecular complexity index is 759. The predicted molar refractivity (Wildman–Crippen MR) is 92.7 cm³/mol. The minimum atomic E-state index is -0.455. The van der Waals surface area contributed by atoms with Gasteiger partial charge in [0.15, 0.2) is 0 Å². The molecule has 0 aliphatic heterocycles. The summed E-state index contributed by atoms with van der Waals surface area (Å²) in [6.07, 6.45) is 0. The molecule has 0 aliphatic carbocycles. The maximum absolute atomic E-state index is 13.1. The molecule has 0 fully saturated rings. The van der Waals surface area contributed by atoms with Crippen molar-refractivity contribution in [3.05, 3.63) is 65.0 Å². The largest absolute Gasteiger partial charge is 0.350 e. The zero-order chi connectivity index (χ0) is 17.7. The number of carbonyl (C=O) groups is 2. The van der Waals surface area contributed by atoms with Crippen molar-refractivity contribution in [2.45, 2.75) is 20.8 Å². The first kappa shape index (κ1) is 17.7. The zero-order valence-corrected chi connectivity index (χ0v) is 14.1. The van der Waals surface area contributed by atoms with Gasteiger partial charge in [0, 0.05) is 31.3 Å². The van der Waals surface area contributed by atoms with E-state index >= 15 is 0 Å². The first-order chi connectivity index (χ1) is 11.4. The van der Waals surface area contributed by atoms with Crippen LogP contribution in [-0.2, 0) is 4.79 Å². The molecular formula is C19H21FN2O2. The highest BCUT2D eigenvalue weighted by Gasteiger charge is 2.13. The van der Waals surface area contributed by atoms with E-state index < -0.39 is 5.82 Å². The second-order valence-electron chi connectivity index (χ2n) is 5.71. The number of aryl methyl sites for hydroxylation is 2. The van der Waals surface area contributed by atoms with Gasteiger partial charge in [-0.1, -0.05) is 12.1 Å². The molecule has 0 heterocycles. The van der Waals surface area contributed by atoms with E-state index in [2.05, 4.69) is 5.32 Å². The van der Waals surface area contributed by atoms with Crippen molar-refractivity contribution >= 4 is 17.5 Å². The third-order valence-electron chi connectivity index (χ3n) is 3.89. The number of hydrogen-bond donors (Lipinski definition) is 1. The summed E-state index contributed by atoms with van der Waals surface area (Å²) in [5, 5.41) is 2.71. The average molecular weight is 328 g/mol. The number of rotatable bonds is 5. The molecule has 0 unspecified atom stereocenters. The fourth-order valence-corrected chi connectivity index (χ4v) is 2.37. The van der Waals surface area contributed by atoms with Gasteiger partial charge in [0.25, 0.3) is 5.91 Å². The number of benzene rings is 2. The van der Waals surface area contributed by atoms with Crippen LogP contribution < -0.4 is 10.2 Å². The highest BCUT2D eigenvalue weighted by Crippen LogP contribution is 2.18. The lowest BCUT2D eigenvalue weighted by molar-refractivity contribution is -0.116. The SMILES string of the molecule is CC(=O)N(CCNC(=O)c1cccc(F)c1)c1ccc(C)c(C)c1. The van der Waals surface area contributed by atoms with Crippen molar-refractivity contribution < 1.29 is 14.0 Å². The van der Waals surface area contributed by atoms with Gasteiger partial charge in [-0.15, -0.1) is 0 Å². The van der Waals surface area contributed by atoms with Crippen LogP contribution in [0, 0.1) is 19.7 Å². The molecule has 0 spiro atoms. The number of nitrogens with zero attached hydrogens (tertiary/aromatic N) is 1. The minimum absolute atomic E-state index is 0.0988. The lowest BCUT2D eigenvalue weighted by Crippen LogP contribution is -2.37. The lowest BCUT2D eigenvalue weighted by atomic mass is 10.1. The summed E-state index contributed by atoms with van der Waals surface area (Å²) >= 11 is 0. The molecule has 2 rings (SSSR count). The second-order valence-corrected chi connectivity index (χ2v) is 5.71. The van der Waals surface area contributed by atoms with Gasteiger partial charge >= 0.3 is 0 Å². The summed E-state index contributed by atoms with van der Waals surface area (Å²) in [5.41, 5.74) is 3.31. The van der Waals surface area contributed by atoms with Gasteiger partial charge in [-0.2, -0.15) is 0 Å². The molecule has 0 saturated carbocycles. The Morgan fingerprint density at radius 1 is 1.08 bits per heavy atom. The molecule has 0 atom stereocenters. The Morgan fingerprint density at radius 3 is 2.46 bits per heavy atom. The van der Waals surface area contributed by atoms with Crippen LogP contribution in [0.15, 0.2) is 42.5 Å². The lowest BCUT2D eigenvalue weighted by Gasteiger charge is -2.22. The third kappa shape index (κ3) is 4.41. The van der Waals surface area contributed by atoms with Crippen LogP contribution >= 0.6 is 0 Å². The number of hydrogen-bond acceptors (Lipinski definition) is 2. The normalized spacial score (nSPS) is 10.3. The molecule has 2 aromatic rings. The monoisotopic (exact) mass is 328 g/mol. The van der Waals surface area contributed by atoms with Crippen LogP contribution in [0.1, 0.15) is 28.4 Å². The Morgan fingerprint density at radius 2 is 1.83 bits per heavy atom. The number of carbonyl (C=O) groups excluding carboxylic acids is 2. The summed E-state index contributed by atoms with van der Waals surface area (Å²) in [6, 6.07) is 11.3. The predicted octanol–water partition coefficient (Wildman–Crippen LogP) is 3.23. The maximum atomic E-state index is 13.1. The second kappa shape index (κ2) is 7.73. The van der Waals surface area contributed by atoms with Crippen LogP contribution in [-0.4, -0.2) is 24.9 Å². The first-order valence-corrected chi connectivity index (χ1v) is 7.77. The Hall–Kier alpha value is -2.69. The third-order valence-corrected chi connectivity index (χ3v) is 3.89. The smallest absolute Gasteiger partial charge is 0.251 e. The summed E-state index contributed by atoms with van der Waals surface area (Å²) in [7, 11) is 0. The average Bonchev–Trinajstić information content (AvgIpc) is 2.54. The molecular weight excluding hydrogens is 307 g/mol. The summed E-state index contributed by atoms with van der Waals surface area (Å²) in [6.45, 7) is 6.11. The molecule has 0 aromatic heterocycles. The van der Waals surface area contributed by atoms with E-state index in [0.717, 1.165) is 16.8 Å². The fourth-order valence-electron chi connectivity index (χ4n) is 2.37. The summed E-state index contributed by atoms with van der Waals surface area (Å²) in [4.78, 5) is 25.5. The van der Waals surface area contributed by atoms with E-state index in [4.69, 9.17) is 0 Å². The fraction of sp³-hybridized carbons (Fsp3) is 0.263. The number of amides is 2. The van der Waals surface area contributed by atoms with Gasteiger partial charge in [-0.25, -0.2) is 4.39 Å². The van der Waals surface area contributed by atoms with Crippen molar-refractivity contribution in [1.82, 2.24) is 5.32 Å². The van der Waals surface area contributed by atoms with E-state index in [9.17, 15) is 14.0 Å². The summed E-state index contributed by atoms with van der Waals surface area (Å²) in [5.74, 6) is -0.917.